The van der Waals surface area contributed by atoms with Gasteiger partial charge < -0.3 is 10.5 Å². The summed E-state index contributed by atoms with van der Waals surface area (Å²) in [5.41, 5.74) is 7.44. The van der Waals surface area contributed by atoms with Gasteiger partial charge in [0.1, 0.15) is 12.4 Å². The van der Waals surface area contributed by atoms with Crippen LogP contribution in [0.1, 0.15) is 5.56 Å². The molecule has 2 rings (SSSR count). The van der Waals surface area contributed by atoms with Gasteiger partial charge in [0, 0.05) is 26.8 Å². The van der Waals surface area contributed by atoms with Crippen molar-refractivity contribution < 1.29 is 4.74 Å². The number of nitrogen functional groups attached to an aromatic ring is 1. The number of nitrogens with two attached hydrogens (primary N) is 1. The predicted molar refractivity (Wildman–Crippen MR) is 79.3 cm³/mol. The summed E-state index contributed by atoms with van der Waals surface area (Å²) in [5.74, 6) is 0.541. The first-order valence-electron chi connectivity index (χ1n) is 5.18. The first-order chi connectivity index (χ1) is 8.58. The first kappa shape index (κ1) is 13.5. The molecule has 0 unspecified atom stereocenters. The molecule has 0 fully saturated rings. The molecule has 0 radical (unpaired) electrons. The molecule has 0 atom stereocenters. The van der Waals surface area contributed by atoms with Crippen LogP contribution in [0.15, 0.2) is 40.9 Å². The van der Waals surface area contributed by atoms with Gasteiger partial charge in [0.25, 0.3) is 0 Å². The van der Waals surface area contributed by atoms with Crippen molar-refractivity contribution in [3.8, 4) is 5.75 Å². The molecule has 0 spiro atoms. The van der Waals surface area contributed by atoms with E-state index in [0.29, 0.717) is 28.1 Å². The van der Waals surface area contributed by atoms with Gasteiger partial charge >= 0.3 is 0 Å². The van der Waals surface area contributed by atoms with Crippen molar-refractivity contribution >= 4 is 44.8 Å². The lowest BCUT2D eigenvalue weighted by molar-refractivity contribution is 0.306. The Labute approximate surface area is 124 Å². The fraction of sp³-hybridized carbons (Fsp3) is 0.0769. The number of halogens is 3. The van der Waals surface area contributed by atoms with Gasteiger partial charge in [-0.25, -0.2) is 0 Å². The molecule has 2 nitrogen and oxygen atoms in total. The van der Waals surface area contributed by atoms with Crippen LogP contribution in [-0.4, -0.2) is 0 Å². The molecule has 5 heteroatoms. The molecule has 2 N–H and O–H groups in total. The van der Waals surface area contributed by atoms with Crippen LogP contribution in [0.25, 0.3) is 0 Å². The lowest BCUT2D eigenvalue weighted by atomic mass is 10.2. The number of hydrogen-bond donors (Lipinski definition) is 1. The van der Waals surface area contributed by atoms with Gasteiger partial charge in [0.15, 0.2) is 0 Å². The molecule has 2 aromatic rings. The quantitative estimate of drug-likeness (QED) is 0.801. The van der Waals surface area contributed by atoms with E-state index < -0.39 is 0 Å². The zero-order valence-electron chi connectivity index (χ0n) is 9.29. The predicted octanol–water partition coefficient (Wildman–Crippen LogP) is 4.92. The number of benzene rings is 2. The second-order valence-corrected chi connectivity index (χ2v) is 5.37. The SMILES string of the molecule is Nc1cccc(Br)c1COc1cc(Cl)ccc1Cl. The number of rotatable bonds is 3. The van der Waals surface area contributed by atoms with E-state index in [0.717, 1.165) is 10.0 Å². The summed E-state index contributed by atoms with van der Waals surface area (Å²) in [6.07, 6.45) is 0. The third-order valence-electron chi connectivity index (χ3n) is 2.42. The highest BCUT2D eigenvalue weighted by atomic mass is 79.9. The van der Waals surface area contributed by atoms with Crippen LogP contribution in [0.4, 0.5) is 5.69 Å². The second kappa shape index (κ2) is 5.83. The molecule has 0 amide bonds. The van der Waals surface area contributed by atoms with Crippen molar-refractivity contribution in [2.24, 2.45) is 0 Å². The van der Waals surface area contributed by atoms with Gasteiger partial charge in [-0.3, -0.25) is 0 Å². The van der Waals surface area contributed by atoms with Gasteiger partial charge in [0.2, 0.25) is 0 Å². The minimum Gasteiger partial charge on any atom is -0.487 e. The zero-order valence-corrected chi connectivity index (χ0v) is 12.4. The molecule has 94 valence electrons. The van der Waals surface area contributed by atoms with Crippen LogP contribution < -0.4 is 10.5 Å². The second-order valence-electron chi connectivity index (χ2n) is 3.67. The van der Waals surface area contributed by atoms with Gasteiger partial charge in [-0.2, -0.15) is 0 Å². The maximum absolute atomic E-state index is 6.02. The van der Waals surface area contributed by atoms with Crippen molar-refractivity contribution in [1.82, 2.24) is 0 Å². The minimum atomic E-state index is 0.327. The Hall–Kier alpha value is -0.900. The summed E-state index contributed by atoms with van der Waals surface area (Å²) >= 11 is 15.3. The average Bonchev–Trinajstić information content (AvgIpc) is 2.33. The standard InChI is InChI=1S/C13H10BrCl2NO/c14-10-2-1-3-12(17)9(10)7-18-13-6-8(15)4-5-11(13)16/h1-6H,7,17H2. The Morgan fingerprint density at radius 2 is 1.94 bits per heavy atom. The molecule has 0 aliphatic carbocycles. The van der Waals surface area contributed by atoms with E-state index in [1.807, 2.05) is 18.2 Å². The Morgan fingerprint density at radius 1 is 1.17 bits per heavy atom. The highest BCUT2D eigenvalue weighted by molar-refractivity contribution is 9.10. The monoisotopic (exact) mass is 345 g/mol. The van der Waals surface area contributed by atoms with Crippen LogP contribution >= 0.6 is 39.1 Å². The highest BCUT2D eigenvalue weighted by Crippen LogP contribution is 2.30. The fourth-order valence-corrected chi connectivity index (χ4v) is 2.30. The maximum atomic E-state index is 6.02. The summed E-state index contributed by atoms with van der Waals surface area (Å²) in [6.45, 7) is 0.327. The molecule has 0 bridgehead atoms. The smallest absolute Gasteiger partial charge is 0.139 e. The van der Waals surface area contributed by atoms with E-state index in [4.69, 9.17) is 33.7 Å². The molecule has 0 saturated heterocycles. The Balaban J connectivity index is 2.19. The lowest BCUT2D eigenvalue weighted by Crippen LogP contribution is -2.01. The molecular formula is C13H10BrCl2NO. The van der Waals surface area contributed by atoms with Gasteiger partial charge in [-0.05, 0) is 24.3 Å². The molecule has 0 saturated carbocycles. The van der Waals surface area contributed by atoms with Crippen molar-refractivity contribution in [1.29, 1.82) is 0 Å². The fourth-order valence-electron chi connectivity index (χ4n) is 1.47. The normalized spacial score (nSPS) is 10.4. The van der Waals surface area contributed by atoms with Crippen molar-refractivity contribution in [2.45, 2.75) is 6.61 Å². The van der Waals surface area contributed by atoms with E-state index in [9.17, 15) is 0 Å². The molecule has 0 heterocycles. The molecule has 0 aliphatic heterocycles. The van der Waals surface area contributed by atoms with Crippen LogP contribution in [-0.2, 0) is 6.61 Å². The van der Waals surface area contributed by atoms with Crippen LogP contribution in [0.3, 0.4) is 0 Å². The summed E-state index contributed by atoms with van der Waals surface area (Å²) in [5, 5.41) is 1.10. The van der Waals surface area contributed by atoms with Gasteiger partial charge in [-0.15, -0.1) is 0 Å². The third kappa shape index (κ3) is 3.10. The molecule has 2 aromatic carbocycles. The highest BCUT2D eigenvalue weighted by Gasteiger charge is 2.07. The van der Waals surface area contributed by atoms with Crippen molar-refractivity contribution in [3.63, 3.8) is 0 Å². The van der Waals surface area contributed by atoms with E-state index in [1.54, 1.807) is 18.2 Å². The van der Waals surface area contributed by atoms with E-state index >= 15 is 0 Å². The number of hydrogen-bond acceptors (Lipinski definition) is 2. The largest absolute Gasteiger partial charge is 0.487 e. The summed E-state index contributed by atoms with van der Waals surface area (Å²) in [4.78, 5) is 0. The van der Waals surface area contributed by atoms with E-state index in [1.165, 1.54) is 0 Å². The third-order valence-corrected chi connectivity index (χ3v) is 3.71. The van der Waals surface area contributed by atoms with E-state index in [2.05, 4.69) is 15.9 Å². The molecule has 0 aromatic heterocycles. The Kier molecular flexibility index (Phi) is 4.38. The van der Waals surface area contributed by atoms with Crippen LogP contribution in [0.5, 0.6) is 5.75 Å². The Bertz CT molecular complexity index is 555. The molecule has 18 heavy (non-hydrogen) atoms. The maximum Gasteiger partial charge on any atom is 0.139 e. The van der Waals surface area contributed by atoms with Crippen LogP contribution in [0.2, 0.25) is 10.0 Å². The lowest BCUT2D eigenvalue weighted by Gasteiger charge is -2.11. The zero-order chi connectivity index (χ0) is 13.1. The number of anilines is 1. The van der Waals surface area contributed by atoms with E-state index in [-0.39, 0.29) is 0 Å². The van der Waals surface area contributed by atoms with Gasteiger partial charge in [0.05, 0.1) is 5.02 Å². The Morgan fingerprint density at radius 3 is 2.67 bits per heavy atom. The van der Waals surface area contributed by atoms with Crippen molar-refractivity contribution in [2.75, 3.05) is 5.73 Å². The van der Waals surface area contributed by atoms with Crippen molar-refractivity contribution in [3.05, 3.63) is 56.5 Å². The molecule has 0 aliphatic rings. The summed E-state index contributed by atoms with van der Waals surface area (Å²) in [7, 11) is 0. The van der Waals surface area contributed by atoms with Crippen LogP contribution in [0, 0.1) is 0 Å². The number of ether oxygens (including phenoxy) is 1. The van der Waals surface area contributed by atoms with Gasteiger partial charge in [-0.1, -0.05) is 45.2 Å². The summed E-state index contributed by atoms with van der Waals surface area (Å²) < 4.78 is 6.54. The average molecular weight is 347 g/mol. The minimum absolute atomic E-state index is 0.327. The first-order valence-corrected chi connectivity index (χ1v) is 6.73. The summed E-state index contributed by atoms with van der Waals surface area (Å²) in [6, 6.07) is 10.7. The topological polar surface area (TPSA) is 35.2 Å². The molecular weight excluding hydrogens is 337 g/mol.